The van der Waals surface area contributed by atoms with Crippen molar-refractivity contribution in [2.75, 3.05) is 6.54 Å². The molecule has 0 fully saturated rings. The number of hydrogen-bond donors (Lipinski definition) is 1. The minimum absolute atomic E-state index is 0.0607. The van der Waals surface area contributed by atoms with Gasteiger partial charge in [-0.05, 0) is 20.8 Å². The van der Waals surface area contributed by atoms with Gasteiger partial charge in [0.25, 0.3) is 0 Å². The number of halogens is 1. The molecule has 1 N–H and O–H groups in total. The zero-order chi connectivity index (χ0) is 14.7. The molecule has 0 unspecified atom stereocenters. The zero-order valence-electron chi connectivity index (χ0n) is 11.7. The van der Waals surface area contributed by atoms with Crippen molar-refractivity contribution < 1.29 is 4.79 Å². The number of rotatable bonds is 5. The largest absolute Gasteiger partial charge is 0.354 e. The van der Waals surface area contributed by atoms with E-state index in [1.807, 2.05) is 26.3 Å². The highest BCUT2D eigenvalue weighted by molar-refractivity contribution is 7.09. The van der Waals surface area contributed by atoms with Gasteiger partial charge in [0.1, 0.15) is 6.54 Å². The number of nitrogens with zero attached hydrogens (tertiary/aromatic N) is 3. The summed E-state index contributed by atoms with van der Waals surface area (Å²) in [6.45, 7) is 6.47. The van der Waals surface area contributed by atoms with E-state index in [9.17, 15) is 4.79 Å². The van der Waals surface area contributed by atoms with Crippen LogP contribution < -0.4 is 5.32 Å². The van der Waals surface area contributed by atoms with Gasteiger partial charge in [-0.2, -0.15) is 5.10 Å². The molecule has 5 nitrogen and oxygen atoms in total. The van der Waals surface area contributed by atoms with Crippen LogP contribution >= 0.6 is 22.9 Å². The summed E-state index contributed by atoms with van der Waals surface area (Å²) >= 11 is 7.67. The Morgan fingerprint density at radius 2 is 2.15 bits per heavy atom. The van der Waals surface area contributed by atoms with E-state index in [2.05, 4.69) is 15.4 Å². The van der Waals surface area contributed by atoms with Gasteiger partial charge in [-0.25, -0.2) is 4.98 Å². The topological polar surface area (TPSA) is 59.8 Å². The first-order valence-electron chi connectivity index (χ1n) is 6.34. The Morgan fingerprint density at radius 3 is 2.70 bits per heavy atom. The first-order valence-corrected chi connectivity index (χ1v) is 7.60. The highest BCUT2D eigenvalue weighted by Gasteiger charge is 2.12. The lowest BCUT2D eigenvalue weighted by molar-refractivity contribution is -0.121. The average Bonchev–Trinajstić information content (AvgIpc) is 2.90. The molecule has 0 atom stereocenters. The lowest BCUT2D eigenvalue weighted by atomic mass is 10.3. The Morgan fingerprint density at radius 1 is 1.40 bits per heavy atom. The van der Waals surface area contributed by atoms with Gasteiger partial charge in [0.15, 0.2) is 0 Å². The highest BCUT2D eigenvalue weighted by Crippen LogP contribution is 2.18. The van der Waals surface area contributed by atoms with Gasteiger partial charge in [-0.15, -0.1) is 11.3 Å². The van der Waals surface area contributed by atoms with Crippen LogP contribution in [0.2, 0.25) is 5.02 Å². The third kappa shape index (κ3) is 3.37. The van der Waals surface area contributed by atoms with E-state index in [0.29, 0.717) is 11.6 Å². The van der Waals surface area contributed by atoms with Crippen LogP contribution in [-0.2, 0) is 17.8 Å². The molecular weight excluding hydrogens is 296 g/mol. The molecule has 2 heterocycles. The van der Waals surface area contributed by atoms with Gasteiger partial charge < -0.3 is 5.32 Å². The normalized spacial score (nSPS) is 10.8. The number of hydrogen-bond acceptors (Lipinski definition) is 4. The van der Waals surface area contributed by atoms with Crippen LogP contribution in [-0.4, -0.2) is 27.2 Å². The number of aromatic nitrogens is 3. The highest BCUT2D eigenvalue weighted by atomic mass is 35.5. The number of nitrogens with one attached hydrogen (secondary N) is 1. The van der Waals surface area contributed by atoms with Crippen molar-refractivity contribution in [3.8, 4) is 0 Å². The number of amides is 1. The Balaban J connectivity index is 1.84. The molecule has 0 saturated heterocycles. The molecular formula is C13H17ClN4OS. The lowest BCUT2D eigenvalue weighted by Gasteiger charge is -2.06. The smallest absolute Gasteiger partial charge is 0.241 e. The van der Waals surface area contributed by atoms with E-state index in [-0.39, 0.29) is 12.5 Å². The Bertz CT molecular complexity index is 620. The maximum absolute atomic E-state index is 11.9. The molecule has 2 rings (SSSR count). The summed E-state index contributed by atoms with van der Waals surface area (Å²) in [5, 5.41) is 7.75. The Kier molecular flexibility index (Phi) is 4.77. The molecule has 0 aliphatic rings. The number of aryl methyl sites for hydroxylation is 2. The van der Waals surface area contributed by atoms with E-state index >= 15 is 0 Å². The van der Waals surface area contributed by atoms with Gasteiger partial charge in [-0.3, -0.25) is 9.48 Å². The van der Waals surface area contributed by atoms with Crippen molar-refractivity contribution in [2.24, 2.45) is 0 Å². The van der Waals surface area contributed by atoms with Crippen LogP contribution in [0.5, 0.6) is 0 Å². The number of thiazole rings is 1. The molecule has 0 aliphatic carbocycles. The summed E-state index contributed by atoms with van der Waals surface area (Å²) in [6, 6.07) is 0. The predicted octanol–water partition coefficient (Wildman–Crippen LogP) is 2.28. The molecule has 108 valence electrons. The average molecular weight is 313 g/mol. The predicted molar refractivity (Wildman–Crippen MR) is 80.3 cm³/mol. The van der Waals surface area contributed by atoms with E-state index in [1.54, 1.807) is 16.0 Å². The molecule has 0 spiro atoms. The fourth-order valence-corrected chi connectivity index (χ4v) is 2.82. The van der Waals surface area contributed by atoms with Gasteiger partial charge in [0.05, 0.1) is 27.6 Å². The molecule has 0 saturated carbocycles. The fraction of sp³-hybridized carbons (Fsp3) is 0.462. The fourth-order valence-electron chi connectivity index (χ4n) is 1.90. The molecule has 0 aliphatic heterocycles. The number of carbonyl (C=O) groups excluding carboxylic acids is 1. The maximum atomic E-state index is 11.9. The zero-order valence-corrected chi connectivity index (χ0v) is 13.3. The Labute approximate surface area is 127 Å². The second-order valence-corrected chi connectivity index (χ2v) is 5.92. The molecule has 20 heavy (non-hydrogen) atoms. The van der Waals surface area contributed by atoms with Crippen LogP contribution in [0, 0.1) is 20.8 Å². The van der Waals surface area contributed by atoms with Crippen molar-refractivity contribution in [2.45, 2.75) is 33.7 Å². The molecule has 0 aromatic carbocycles. The summed E-state index contributed by atoms with van der Waals surface area (Å²) < 4.78 is 1.63. The standard InChI is InChI=1S/C13H17ClN4OS/c1-8-11(20-7-16-8)4-5-15-12(19)6-18-10(3)13(14)9(2)17-18/h7H,4-6H2,1-3H3,(H,15,19). The third-order valence-electron chi connectivity index (χ3n) is 3.11. The van der Waals surface area contributed by atoms with Gasteiger partial charge >= 0.3 is 0 Å². The van der Waals surface area contributed by atoms with Crippen molar-refractivity contribution in [1.29, 1.82) is 0 Å². The maximum Gasteiger partial charge on any atom is 0.241 e. The van der Waals surface area contributed by atoms with Crippen LogP contribution in [0.3, 0.4) is 0 Å². The summed E-state index contributed by atoms with van der Waals surface area (Å²) in [4.78, 5) is 17.3. The van der Waals surface area contributed by atoms with E-state index in [1.165, 1.54) is 4.88 Å². The first kappa shape index (κ1) is 15.0. The molecule has 7 heteroatoms. The van der Waals surface area contributed by atoms with Crippen molar-refractivity contribution in [1.82, 2.24) is 20.1 Å². The molecule has 1 amide bonds. The van der Waals surface area contributed by atoms with Crippen LogP contribution in [0.25, 0.3) is 0 Å². The van der Waals surface area contributed by atoms with Crippen molar-refractivity contribution in [3.63, 3.8) is 0 Å². The second kappa shape index (κ2) is 6.37. The first-order chi connectivity index (χ1) is 9.49. The van der Waals surface area contributed by atoms with Crippen LogP contribution in [0.4, 0.5) is 0 Å². The molecule has 0 radical (unpaired) electrons. The SMILES string of the molecule is Cc1ncsc1CCNC(=O)Cn1nc(C)c(Cl)c1C. The van der Waals surface area contributed by atoms with Gasteiger partial charge in [-0.1, -0.05) is 11.6 Å². The summed E-state index contributed by atoms with van der Waals surface area (Å²) in [7, 11) is 0. The molecule has 2 aromatic rings. The van der Waals surface area contributed by atoms with Gasteiger partial charge in [0, 0.05) is 17.8 Å². The minimum Gasteiger partial charge on any atom is -0.354 e. The van der Waals surface area contributed by atoms with Gasteiger partial charge in [0.2, 0.25) is 5.91 Å². The number of carbonyl (C=O) groups is 1. The summed E-state index contributed by atoms with van der Waals surface area (Å²) in [6.07, 6.45) is 0.806. The monoisotopic (exact) mass is 312 g/mol. The second-order valence-electron chi connectivity index (χ2n) is 4.60. The summed E-state index contributed by atoms with van der Waals surface area (Å²) in [5.41, 5.74) is 4.43. The van der Waals surface area contributed by atoms with E-state index < -0.39 is 0 Å². The van der Waals surface area contributed by atoms with E-state index in [0.717, 1.165) is 23.5 Å². The van der Waals surface area contributed by atoms with Crippen LogP contribution in [0.1, 0.15) is 22.0 Å². The summed E-state index contributed by atoms with van der Waals surface area (Å²) in [5.74, 6) is -0.0607. The van der Waals surface area contributed by atoms with Crippen LogP contribution in [0.15, 0.2) is 5.51 Å². The lowest BCUT2D eigenvalue weighted by Crippen LogP contribution is -2.30. The van der Waals surface area contributed by atoms with E-state index in [4.69, 9.17) is 11.6 Å². The molecule has 0 bridgehead atoms. The Hall–Kier alpha value is -1.40. The quantitative estimate of drug-likeness (QED) is 0.921. The molecule has 2 aromatic heterocycles. The third-order valence-corrected chi connectivity index (χ3v) is 4.65. The van der Waals surface area contributed by atoms with Crippen molar-refractivity contribution >= 4 is 28.8 Å². The minimum atomic E-state index is -0.0607. The van der Waals surface area contributed by atoms with Crippen molar-refractivity contribution in [3.05, 3.63) is 32.5 Å².